The highest BCUT2D eigenvalue weighted by Crippen LogP contribution is 2.42. The molecular formula is C27H27NO7. The lowest BCUT2D eigenvalue weighted by Crippen LogP contribution is -2.29. The number of ketones is 1. The average molecular weight is 478 g/mol. The molecule has 1 aromatic heterocycles. The van der Waals surface area contributed by atoms with Gasteiger partial charge < -0.3 is 28.6 Å². The Kier molecular flexibility index (Phi) is 7.10. The van der Waals surface area contributed by atoms with E-state index in [1.165, 1.54) is 25.4 Å². The van der Waals surface area contributed by atoms with Crippen LogP contribution in [0.4, 0.5) is 0 Å². The highest BCUT2D eigenvalue weighted by atomic mass is 16.5. The van der Waals surface area contributed by atoms with Crippen molar-refractivity contribution in [3.63, 3.8) is 0 Å². The molecule has 4 rings (SSSR count). The third kappa shape index (κ3) is 4.73. The summed E-state index contributed by atoms with van der Waals surface area (Å²) in [5, 5.41) is 11.3. The fourth-order valence-electron chi connectivity index (χ4n) is 4.09. The zero-order chi connectivity index (χ0) is 24.9. The normalized spacial score (nSPS) is 17.0. The van der Waals surface area contributed by atoms with E-state index in [4.69, 9.17) is 18.6 Å². The number of methoxy groups -OCH3 is 2. The first-order valence-corrected chi connectivity index (χ1v) is 11.2. The quantitative estimate of drug-likeness (QED) is 0.271. The number of Topliss-reactive ketones (excluding diaryl/α,β-unsaturated/α-hetero) is 1. The number of benzene rings is 2. The third-order valence-electron chi connectivity index (χ3n) is 5.75. The van der Waals surface area contributed by atoms with E-state index in [-0.39, 0.29) is 17.9 Å². The molecule has 3 aromatic rings. The average Bonchev–Trinajstić information content (AvgIpc) is 3.49. The van der Waals surface area contributed by atoms with Crippen molar-refractivity contribution in [1.82, 2.24) is 4.90 Å². The molecule has 0 radical (unpaired) electrons. The maximum Gasteiger partial charge on any atom is 0.296 e. The Hall–Kier alpha value is -4.20. The maximum atomic E-state index is 13.3. The van der Waals surface area contributed by atoms with E-state index < -0.39 is 17.7 Å². The van der Waals surface area contributed by atoms with E-state index >= 15 is 0 Å². The van der Waals surface area contributed by atoms with Gasteiger partial charge in [-0.3, -0.25) is 9.59 Å². The molecule has 1 saturated heterocycles. The molecule has 8 nitrogen and oxygen atoms in total. The molecule has 1 N–H and O–H groups in total. The van der Waals surface area contributed by atoms with Crippen molar-refractivity contribution in [2.24, 2.45) is 0 Å². The number of likely N-dealkylation sites (tertiary alicyclic amines) is 1. The summed E-state index contributed by atoms with van der Waals surface area (Å²) in [5.74, 6) is 0.196. The molecule has 2 aromatic carbocycles. The highest BCUT2D eigenvalue weighted by Gasteiger charge is 2.46. The maximum absolute atomic E-state index is 13.3. The van der Waals surface area contributed by atoms with Gasteiger partial charge >= 0.3 is 0 Å². The molecule has 182 valence electrons. The van der Waals surface area contributed by atoms with Crippen molar-refractivity contribution in [1.29, 1.82) is 0 Å². The Bertz CT molecular complexity index is 1250. The number of nitrogens with zero attached hydrogens (tertiary/aromatic N) is 1. The fraction of sp³-hybridized carbons (Fsp3) is 0.259. The molecule has 1 fully saturated rings. The van der Waals surface area contributed by atoms with Crippen LogP contribution >= 0.6 is 0 Å². The monoisotopic (exact) mass is 477 g/mol. The first-order chi connectivity index (χ1) is 17.0. The van der Waals surface area contributed by atoms with Gasteiger partial charge in [0.2, 0.25) is 0 Å². The van der Waals surface area contributed by atoms with Gasteiger partial charge in [0, 0.05) is 5.56 Å². The molecule has 35 heavy (non-hydrogen) atoms. The minimum absolute atomic E-state index is 0.0265. The molecule has 0 saturated carbocycles. The number of aliphatic hydroxyl groups is 1. The van der Waals surface area contributed by atoms with Gasteiger partial charge in [0.25, 0.3) is 11.7 Å². The zero-order valence-electron chi connectivity index (χ0n) is 19.8. The summed E-state index contributed by atoms with van der Waals surface area (Å²) in [5.41, 5.74) is 0.926. The van der Waals surface area contributed by atoms with E-state index in [1.807, 2.05) is 6.92 Å². The second-order valence-electron chi connectivity index (χ2n) is 8.00. The number of rotatable bonds is 9. The van der Waals surface area contributed by atoms with Crippen LogP contribution in [0.3, 0.4) is 0 Å². The van der Waals surface area contributed by atoms with Crippen LogP contribution < -0.4 is 14.2 Å². The topological polar surface area (TPSA) is 98.4 Å². The van der Waals surface area contributed by atoms with Crippen molar-refractivity contribution in [2.45, 2.75) is 25.9 Å². The van der Waals surface area contributed by atoms with E-state index in [0.717, 1.165) is 6.42 Å². The Labute approximate surface area is 203 Å². The minimum Gasteiger partial charge on any atom is -0.507 e. The highest BCUT2D eigenvalue weighted by molar-refractivity contribution is 6.46. The van der Waals surface area contributed by atoms with Crippen LogP contribution in [0.5, 0.6) is 17.2 Å². The van der Waals surface area contributed by atoms with Gasteiger partial charge in [-0.05, 0) is 48.4 Å². The smallest absolute Gasteiger partial charge is 0.296 e. The molecule has 0 bridgehead atoms. The van der Waals surface area contributed by atoms with Crippen LogP contribution in [0.2, 0.25) is 0 Å². The predicted octanol–water partition coefficient (Wildman–Crippen LogP) is 4.71. The lowest BCUT2D eigenvalue weighted by atomic mass is 9.95. The Morgan fingerprint density at radius 2 is 1.83 bits per heavy atom. The molecule has 0 spiro atoms. The van der Waals surface area contributed by atoms with E-state index in [9.17, 15) is 14.7 Å². The number of carbonyl (C=O) groups is 2. The van der Waals surface area contributed by atoms with Crippen molar-refractivity contribution in [3.8, 4) is 17.2 Å². The van der Waals surface area contributed by atoms with Gasteiger partial charge in [-0.1, -0.05) is 25.1 Å². The Balaban J connectivity index is 1.85. The summed E-state index contributed by atoms with van der Waals surface area (Å²) in [7, 11) is 3.03. The van der Waals surface area contributed by atoms with Crippen LogP contribution in [-0.2, 0) is 16.1 Å². The number of hydrogen-bond donors (Lipinski definition) is 1. The molecule has 0 aliphatic carbocycles. The van der Waals surface area contributed by atoms with Gasteiger partial charge in [-0.25, -0.2) is 0 Å². The molecular weight excluding hydrogens is 450 g/mol. The lowest BCUT2D eigenvalue weighted by molar-refractivity contribution is -0.140. The first-order valence-electron chi connectivity index (χ1n) is 11.2. The van der Waals surface area contributed by atoms with Crippen molar-refractivity contribution in [2.75, 3.05) is 20.8 Å². The summed E-state index contributed by atoms with van der Waals surface area (Å²) in [6, 6.07) is 14.5. The van der Waals surface area contributed by atoms with Gasteiger partial charge in [0.05, 0.1) is 45.2 Å². The summed E-state index contributed by atoms with van der Waals surface area (Å²) in [6.07, 6.45) is 2.33. The predicted molar refractivity (Wildman–Crippen MR) is 128 cm³/mol. The van der Waals surface area contributed by atoms with Gasteiger partial charge in [0.1, 0.15) is 17.3 Å². The largest absolute Gasteiger partial charge is 0.507 e. The SMILES string of the molecule is CCCOc1cccc(/C(O)=C2\C(=O)C(=O)N(Cc3ccco3)C2c2ccc(OC)c(OC)c2)c1. The lowest BCUT2D eigenvalue weighted by Gasteiger charge is -2.25. The standard InChI is InChI=1S/C27H27NO7/c1-4-12-34-19-8-5-7-18(14-19)25(29)23-24(17-10-11-21(32-2)22(15-17)33-3)28(27(31)26(23)30)16-20-9-6-13-35-20/h5-11,13-15,24,29H,4,12,16H2,1-3H3/b25-23+. The van der Waals surface area contributed by atoms with Crippen LogP contribution in [0.1, 0.15) is 36.3 Å². The second kappa shape index (κ2) is 10.4. The molecule has 8 heteroatoms. The Morgan fingerprint density at radius 1 is 1.03 bits per heavy atom. The summed E-state index contributed by atoms with van der Waals surface area (Å²) in [6.45, 7) is 2.56. The van der Waals surface area contributed by atoms with Crippen molar-refractivity contribution in [3.05, 3.63) is 83.3 Å². The van der Waals surface area contributed by atoms with E-state index in [1.54, 1.807) is 54.6 Å². The molecule has 1 amide bonds. The van der Waals surface area contributed by atoms with Crippen LogP contribution in [0.25, 0.3) is 5.76 Å². The van der Waals surface area contributed by atoms with Crippen molar-refractivity contribution < 1.29 is 33.3 Å². The number of amides is 1. The molecule has 1 unspecified atom stereocenters. The summed E-state index contributed by atoms with van der Waals surface area (Å²) in [4.78, 5) is 27.8. The third-order valence-corrected chi connectivity index (χ3v) is 5.75. The van der Waals surface area contributed by atoms with E-state index in [0.29, 0.717) is 40.7 Å². The summed E-state index contributed by atoms with van der Waals surface area (Å²) >= 11 is 0. The fourth-order valence-corrected chi connectivity index (χ4v) is 4.09. The van der Waals surface area contributed by atoms with Crippen LogP contribution in [0.15, 0.2) is 70.9 Å². The zero-order valence-corrected chi connectivity index (χ0v) is 19.8. The number of hydrogen-bond acceptors (Lipinski definition) is 7. The van der Waals surface area contributed by atoms with Crippen molar-refractivity contribution >= 4 is 17.4 Å². The van der Waals surface area contributed by atoms with Crippen LogP contribution in [-0.4, -0.2) is 42.5 Å². The second-order valence-corrected chi connectivity index (χ2v) is 8.00. The molecule has 2 heterocycles. The van der Waals surface area contributed by atoms with Gasteiger partial charge in [0.15, 0.2) is 11.5 Å². The summed E-state index contributed by atoms with van der Waals surface area (Å²) < 4.78 is 21.9. The Morgan fingerprint density at radius 3 is 2.51 bits per heavy atom. The van der Waals surface area contributed by atoms with Crippen LogP contribution in [0, 0.1) is 0 Å². The minimum atomic E-state index is -0.875. The number of aliphatic hydroxyl groups excluding tert-OH is 1. The van der Waals surface area contributed by atoms with Gasteiger partial charge in [-0.15, -0.1) is 0 Å². The number of carbonyl (C=O) groups excluding carboxylic acids is 2. The molecule has 1 atom stereocenters. The first kappa shape index (κ1) is 23.9. The molecule has 1 aliphatic rings. The number of furan rings is 1. The van der Waals surface area contributed by atoms with Gasteiger partial charge in [-0.2, -0.15) is 0 Å². The number of ether oxygens (including phenoxy) is 3. The van der Waals surface area contributed by atoms with E-state index in [2.05, 4.69) is 0 Å². The molecule has 1 aliphatic heterocycles.